The van der Waals surface area contributed by atoms with Crippen molar-refractivity contribution in [2.75, 3.05) is 18.8 Å². The molecule has 3 N–H and O–H groups in total. The van der Waals surface area contributed by atoms with E-state index in [-0.39, 0.29) is 0 Å². The summed E-state index contributed by atoms with van der Waals surface area (Å²) in [6, 6.07) is 3.88. The molecule has 4 heteroatoms. The van der Waals surface area contributed by atoms with E-state index in [1.54, 1.807) is 0 Å². The summed E-state index contributed by atoms with van der Waals surface area (Å²) >= 11 is 1.88. The first-order valence-corrected chi connectivity index (χ1v) is 5.31. The van der Waals surface area contributed by atoms with Crippen LogP contribution in [0.1, 0.15) is 6.42 Å². The zero-order chi connectivity index (χ0) is 9.10. The Morgan fingerprint density at radius 1 is 1.54 bits per heavy atom. The fourth-order valence-corrected chi connectivity index (χ4v) is 2.46. The summed E-state index contributed by atoms with van der Waals surface area (Å²) in [5.41, 5.74) is 5.50. The molecule has 0 radical (unpaired) electrons. The van der Waals surface area contributed by atoms with Gasteiger partial charge in [-0.15, -0.1) is 11.8 Å². The van der Waals surface area contributed by atoms with Gasteiger partial charge in [-0.3, -0.25) is 0 Å². The highest BCUT2D eigenvalue weighted by Gasteiger charge is 2.15. The molecular formula is C9H13N3S. The summed E-state index contributed by atoms with van der Waals surface area (Å²) < 4.78 is 0. The molecule has 0 amide bonds. The van der Waals surface area contributed by atoms with Crippen LogP contribution in [0.5, 0.6) is 0 Å². The largest absolute Gasteiger partial charge is 0.384 e. The van der Waals surface area contributed by atoms with Crippen molar-refractivity contribution in [3.63, 3.8) is 0 Å². The molecule has 0 bridgehead atoms. The maximum absolute atomic E-state index is 5.50. The minimum absolute atomic E-state index is 0.592. The second-order valence-corrected chi connectivity index (χ2v) is 4.53. The van der Waals surface area contributed by atoms with Crippen molar-refractivity contribution in [1.82, 2.24) is 10.3 Å². The minimum Gasteiger partial charge on any atom is -0.384 e. The van der Waals surface area contributed by atoms with Crippen LogP contribution in [0.3, 0.4) is 0 Å². The van der Waals surface area contributed by atoms with Crippen molar-refractivity contribution in [2.24, 2.45) is 0 Å². The highest BCUT2D eigenvalue weighted by atomic mass is 32.2. The second kappa shape index (κ2) is 3.98. The lowest BCUT2D eigenvalue weighted by molar-refractivity contribution is 0.858. The number of hydrogen-bond acceptors (Lipinski definition) is 4. The maximum Gasteiger partial charge on any atom is 0.123 e. The van der Waals surface area contributed by atoms with Crippen molar-refractivity contribution in [1.29, 1.82) is 0 Å². The van der Waals surface area contributed by atoms with Crippen LogP contribution in [0.2, 0.25) is 0 Å². The minimum atomic E-state index is 0.592. The molecule has 0 saturated carbocycles. The lowest BCUT2D eigenvalue weighted by Gasteiger charge is -2.06. The summed E-state index contributed by atoms with van der Waals surface area (Å²) in [7, 11) is 0. The summed E-state index contributed by atoms with van der Waals surface area (Å²) in [4.78, 5) is 5.27. The molecular weight excluding hydrogens is 182 g/mol. The molecule has 1 aromatic heterocycles. The summed E-state index contributed by atoms with van der Waals surface area (Å²) in [5.74, 6) is 0.592. The Hall–Kier alpha value is -0.740. The number of aromatic nitrogens is 1. The predicted octanol–water partition coefficient (Wildman–Crippen LogP) is 1.12. The van der Waals surface area contributed by atoms with Crippen LogP contribution in [0, 0.1) is 0 Å². The number of rotatable bonds is 2. The van der Waals surface area contributed by atoms with Crippen molar-refractivity contribution < 1.29 is 0 Å². The number of hydrogen-bond donors (Lipinski definition) is 2. The van der Waals surface area contributed by atoms with Gasteiger partial charge in [-0.2, -0.15) is 0 Å². The summed E-state index contributed by atoms with van der Waals surface area (Å²) in [6.07, 6.45) is 3.09. The number of nitrogen functional groups attached to an aromatic ring is 1. The lowest BCUT2D eigenvalue weighted by atomic mass is 10.4. The normalized spacial score (nSPS) is 22.0. The highest BCUT2D eigenvalue weighted by molar-refractivity contribution is 8.00. The number of pyridine rings is 1. The molecule has 0 aliphatic carbocycles. The van der Waals surface area contributed by atoms with Crippen molar-refractivity contribution in [3.8, 4) is 0 Å². The van der Waals surface area contributed by atoms with Gasteiger partial charge >= 0.3 is 0 Å². The Bertz CT molecular complexity index is 267. The van der Waals surface area contributed by atoms with E-state index >= 15 is 0 Å². The van der Waals surface area contributed by atoms with Gasteiger partial charge in [0.1, 0.15) is 5.82 Å². The van der Waals surface area contributed by atoms with E-state index in [2.05, 4.69) is 10.3 Å². The molecule has 2 heterocycles. The summed E-state index contributed by atoms with van der Waals surface area (Å²) in [6.45, 7) is 2.25. The predicted molar refractivity (Wildman–Crippen MR) is 55.8 cm³/mol. The van der Waals surface area contributed by atoms with Crippen LogP contribution in [0.4, 0.5) is 5.82 Å². The van der Waals surface area contributed by atoms with Gasteiger partial charge in [0.2, 0.25) is 0 Å². The van der Waals surface area contributed by atoms with Gasteiger partial charge in [0.15, 0.2) is 0 Å². The molecule has 1 fully saturated rings. The number of anilines is 1. The molecule has 1 atom stereocenters. The Morgan fingerprint density at radius 2 is 2.46 bits per heavy atom. The third kappa shape index (κ3) is 2.35. The van der Waals surface area contributed by atoms with Crippen molar-refractivity contribution >= 4 is 17.6 Å². The fourth-order valence-electron chi connectivity index (χ4n) is 1.38. The van der Waals surface area contributed by atoms with Crippen LogP contribution in [-0.4, -0.2) is 23.3 Å². The van der Waals surface area contributed by atoms with Gasteiger partial charge < -0.3 is 11.1 Å². The molecule has 1 unspecified atom stereocenters. The molecule has 13 heavy (non-hydrogen) atoms. The van der Waals surface area contributed by atoms with Gasteiger partial charge in [0, 0.05) is 22.9 Å². The number of nitrogens with one attached hydrogen (secondary N) is 1. The molecule has 0 aromatic carbocycles. The molecule has 70 valence electrons. The van der Waals surface area contributed by atoms with E-state index in [4.69, 9.17) is 5.73 Å². The third-order valence-corrected chi connectivity index (χ3v) is 3.33. The van der Waals surface area contributed by atoms with E-state index in [0.717, 1.165) is 13.1 Å². The Kier molecular flexibility index (Phi) is 2.71. The molecule has 1 aliphatic rings. The van der Waals surface area contributed by atoms with Crippen LogP contribution >= 0.6 is 11.8 Å². The Balaban J connectivity index is 1.97. The average Bonchev–Trinajstić information content (AvgIpc) is 2.62. The first kappa shape index (κ1) is 8.84. The zero-order valence-electron chi connectivity index (χ0n) is 7.36. The van der Waals surface area contributed by atoms with Gasteiger partial charge in [0.25, 0.3) is 0 Å². The van der Waals surface area contributed by atoms with Crippen molar-refractivity contribution in [3.05, 3.63) is 18.3 Å². The molecule has 3 nitrogen and oxygen atoms in total. The molecule has 1 aromatic rings. The Labute approximate surface area is 82.1 Å². The van der Waals surface area contributed by atoms with Gasteiger partial charge in [-0.25, -0.2) is 4.98 Å². The van der Waals surface area contributed by atoms with Gasteiger partial charge in [-0.05, 0) is 25.1 Å². The lowest BCUT2D eigenvalue weighted by Crippen LogP contribution is -2.09. The first-order valence-electron chi connectivity index (χ1n) is 4.43. The highest BCUT2D eigenvalue weighted by Crippen LogP contribution is 2.26. The topological polar surface area (TPSA) is 50.9 Å². The summed E-state index contributed by atoms with van der Waals surface area (Å²) in [5, 5.41) is 4.04. The average molecular weight is 195 g/mol. The smallest absolute Gasteiger partial charge is 0.123 e. The SMILES string of the molecule is Nc1ccc(SC2CCNC2)cn1. The van der Waals surface area contributed by atoms with E-state index in [9.17, 15) is 0 Å². The third-order valence-electron chi connectivity index (χ3n) is 2.08. The van der Waals surface area contributed by atoms with Crippen LogP contribution in [0.25, 0.3) is 0 Å². The monoisotopic (exact) mass is 195 g/mol. The second-order valence-electron chi connectivity index (χ2n) is 3.15. The first-order chi connectivity index (χ1) is 6.34. The standard InChI is InChI=1S/C9H13N3S/c10-9-2-1-7(6-12-9)13-8-3-4-11-5-8/h1-2,6,8,11H,3-5H2,(H2,10,12). The van der Waals surface area contributed by atoms with Gasteiger partial charge in [0.05, 0.1) is 0 Å². The van der Waals surface area contributed by atoms with Crippen LogP contribution in [0.15, 0.2) is 23.2 Å². The van der Waals surface area contributed by atoms with E-state index in [0.29, 0.717) is 11.1 Å². The molecule has 0 spiro atoms. The van der Waals surface area contributed by atoms with E-state index in [1.807, 2.05) is 30.1 Å². The molecule has 1 aliphatic heterocycles. The van der Waals surface area contributed by atoms with E-state index in [1.165, 1.54) is 11.3 Å². The zero-order valence-corrected chi connectivity index (χ0v) is 8.18. The number of nitrogens with two attached hydrogens (primary N) is 1. The number of nitrogens with zero attached hydrogens (tertiary/aromatic N) is 1. The Morgan fingerprint density at radius 3 is 3.08 bits per heavy atom. The maximum atomic E-state index is 5.50. The number of thioether (sulfide) groups is 1. The van der Waals surface area contributed by atoms with Crippen LogP contribution in [-0.2, 0) is 0 Å². The molecule has 1 saturated heterocycles. The van der Waals surface area contributed by atoms with Crippen molar-refractivity contribution in [2.45, 2.75) is 16.6 Å². The fraction of sp³-hybridized carbons (Fsp3) is 0.444. The molecule has 2 rings (SSSR count). The van der Waals surface area contributed by atoms with Crippen LogP contribution < -0.4 is 11.1 Å². The van der Waals surface area contributed by atoms with E-state index < -0.39 is 0 Å². The van der Waals surface area contributed by atoms with Gasteiger partial charge in [-0.1, -0.05) is 0 Å². The quantitative estimate of drug-likeness (QED) is 0.742.